The average Bonchev–Trinajstić information content (AvgIpc) is 2.04. The zero-order valence-corrected chi connectivity index (χ0v) is 8.74. The fraction of sp³-hybridized carbons (Fsp3) is 0.222. The second-order valence-corrected chi connectivity index (χ2v) is 4.71. The molecule has 1 aromatic rings. The van der Waals surface area contributed by atoms with Crippen LogP contribution in [0.15, 0.2) is 27.6 Å². The molecular weight excluding hydrogens is 236 g/mol. The van der Waals surface area contributed by atoms with Crippen LogP contribution in [-0.2, 0) is 0 Å². The molecule has 0 aliphatic carbocycles. The van der Waals surface area contributed by atoms with Crippen LogP contribution in [0.3, 0.4) is 0 Å². The summed E-state index contributed by atoms with van der Waals surface area (Å²) in [7, 11) is 0. The first kappa shape index (κ1) is 8.32. The van der Waals surface area contributed by atoms with Gasteiger partial charge in [-0.3, -0.25) is 4.79 Å². The van der Waals surface area contributed by atoms with E-state index < -0.39 is 0 Å². The molecule has 0 atom stereocenters. The first-order chi connectivity index (χ1) is 5.77. The van der Waals surface area contributed by atoms with E-state index in [2.05, 4.69) is 15.9 Å². The van der Waals surface area contributed by atoms with E-state index in [9.17, 15) is 4.79 Å². The summed E-state index contributed by atoms with van der Waals surface area (Å²) in [6.45, 7) is 0. The summed E-state index contributed by atoms with van der Waals surface area (Å²) >= 11 is 5.14. The molecule has 0 radical (unpaired) electrons. The van der Waals surface area contributed by atoms with E-state index in [0.717, 1.165) is 20.7 Å². The zero-order chi connectivity index (χ0) is 8.55. The molecule has 0 fully saturated rings. The van der Waals surface area contributed by atoms with Gasteiger partial charge in [0.15, 0.2) is 5.78 Å². The third-order valence-corrected chi connectivity index (χ3v) is 3.38. The summed E-state index contributed by atoms with van der Waals surface area (Å²) in [6, 6.07) is 5.83. The number of rotatable bonds is 0. The number of benzene rings is 1. The standard InChI is InChI=1S/C9H7BrOS/c10-6-1-2-7-8(11)3-4-12-9(7)5-6/h1-2,5H,3-4H2. The SMILES string of the molecule is O=C1CCSc2cc(Br)ccc21. The van der Waals surface area contributed by atoms with Crippen LogP contribution in [0.1, 0.15) is 16.8 Å². The summed E-state index contributed by atoms with van der Waals surface area (Å²) in [4.78, 5) is 12.5. The van der Waals surface area contributed by atoms with E-state index in [4.69, 9.17) is 0 Å². The molecule has 3 heteroatoms. The normalized spacial score (nSPS) is 15.9. The van der Waals surface area contributed by atoms with Crippen molar-refractivity contribution in [1.29, 1.82) is 0 Å². The van der Waals surface area contributed by atoms with E-state index in [-0.39, 0.29) is 5.78 Å². The minimum Gasteiger partial charge on any atom is -0.294 e. The van der Waals surface area contributed by atoms with Crippen LogP contribution < -0.4 is 0 Å². The van der Waals surface area contributed by atoms with Crippen molar-refractivity contribution in [3.05, 3.63) is 28.2 Å². The Morgan fingerprint density at radius 3 is 3.08 bits per heavy atom. The molecule has 0 saturated carbocycles. The molecule has 0 amide bonds. The topological polar surface area (TPSA) is 17.1 Å². The molecular formula is C9H7BrOS. The van der Waals surface area contributed by atoms with Crippen molar-refractivity contribution < 1.29 is 4.79 Å². The predicted octanol–water partition coefficient (Wildman–Crippen LogP) is 3.13. The molecule has 1 aromatic carbocycles. The quantitative estimate of drug-likeness (QED) is 0.696. The summed E-state index contributed by atoms with van der Waals surface area (Å²) in [5.74, 6) is 1.19. The molecule has 0 spiro atoms. The Kier molecular flexibility index (Phi) is 2.24. The highest BCUT2D eigenvalue weighted by Crippen LogP contribution is 2.31. The summed E-state index contributed by atoms with van der Waals surface area (Å²) in [5.41, 5.74) is 0.884. The molecule has 1 nitrogen and oxygen atoms in total. The van der Waals surface area contributed by atoms with Gasteiger partial charge in [-0.15, -0.1) is 11.8 Å². The lowest BCUT2D eigenvalue weighted by atomic mass is 10.1. The zero-order valence-electron chi connectivity index (χ0n) is 6.34. The van der Waals surface area contributed by atoms with Gasteiger partial charge in [-0.25, -0.2) is 0 Å². The first-order valence-electron chi connectivity index (χ1n) is 3.73. The van der Waals surface area contributed by atoms with Crippen LogP contribution in [0.2, 0.25) is 0 Å². The van der Waals surface area contributed by atoms with Crippen molar-refractivity contribution in [3.63, 3.8) is 0 Å². The van der Waals surface area contributed by atoms with Crippen LogP contribution in [0.25, 0.3) is 0 Å². The second-order valence-electron chi connectivity index (χ2n) is 2.66. The van der Waals surface area contributed by atoms with Crippen LogP contribution in [0.5, 0.6) is 0 Å². The number of carbonyl (C=O) groups excluding carboxylic acids is 1. The van der Waals surface area contributed by atoms with Gasteiger partial charge in [0.1, 0.15) is 0 Å². The Bertz CT molecular complexity index is 335. The summed E-state index contributed by atoms with van der Waals surface area (Å²) < 4.78 is 1.04. The van der Waals surface area contributed by atoms with Crippen molar-refractivity contribution in [3.8, 4) is 0 Å². The van der Waals surface area contributed by atoms with Crippen LogP contribution in [0, 0.1) is 0 Å². The Hall–Kier alpha value is -0.280. The van der Waals surface area contributed by atoms with Crippen molar-refractivity contribution in [2.24, 2.45) is 0 Å². The van der Waals surface area contributed by atoms with E-state index in [1.807, 2.05) is 18.2 Å². The summed E-state index contributed by atoms with van der Waals surface area (Å²) in [6.07, 6.45) is 0.680. The van der Waals surface area contributed by atoms with E-state index in [0.29, 0.717) is 6.42 Å². The van der Waals surface area contributed by atoms with Crippen LogP contribution >= 0.6 is 27.7 Å². The van der Waals surface area contributed by atoms with Gasteiger partial charge in [-0.1, -0.05) is 15.9 Å². The number of hydrogen-bond donors (Lipinski definition) is 0. The van der Waals surface area contributed by atoms with Gasteiger partial charge in [0, 0.05) is 27.1 Å². The Morgan fingerprint density at radius 1 is 1.42 bits per heavy atom. The third-order valence-electron chi connectivity index (χ3n) is 1.83. The molecule has 1 aliphatic rings. The van der Waals surface area contributed by atoms with Gasteiger partial charge in [0.25, 0.3) is 0 Å². The molecule has 0 aromatic heterocycles. The van der Waals surface area contributed by atoms with Crippen molar-refractivity contribution in [2.45, 2.75) is 11.3 Å². The van der Waals surface area contributed by atoms with Crippen molar-refractivity contribution in [2.75, 3.05) is 5.75 Å². The number of fused-ring (bicyclic) bond motifs is 1. The van der Waals surface area contributed by atoms with Crippen molar-refractivity contribution in [1.82, 2.24) is 0 Å². The minimum absolute atomic E-state index is 0.274. The number of ketones is 1. The fourth-order valence-corrected chi connectivity index (χ4v) is 2.80. The lowest BCUT2D eigenvalue weighted by Gasteiger charge is -2.13. The molecule has 0 saturated heterocycles. The fourth-order valence-electron chi connectivity index (χ4n) is 1.23. The highest BCUT2D eigenvalue weighted by atomic mass is 79.9. The number of thioether (sulfide) groups is 1. The molecule has 1 heterocycles. The van der Waals surface area contributed by atoms with Crippen molar-refractivity contribution >= 4 is 33.5 Å². The van der Waals surface area contributed by atoms with Gasteiger partial charge >= 0.3 is 0 Å². The molecule has 12 heavy (non-hydrogen) atoms. The lowest BCUT2D eigenvalue weighted by molar-refractivity contribution is 0.0985. The Balaban J connectivity index is 2.53. The second kappa shape index (κ2) is 3.23. The predicted molar refractivity (Wildman–Crippen MR) is 53.8 cm³/mol. The smallest absolute Gasteiger partial charge is 0.164 e. The molecule has 0 unspecified atom stereocenters. The molecule has 0 N–H and O–H groups in total. The number of Topliss-reactive ketones (excluding diaryl/α,β-unsaturated/α-hetero) is 1. The average molecular weight is 243 g/mol. The Labute approximate surface area is 83.7 Å². The lowest BCUT2D eigenvalue weighted by Crippen LogP contribution is -2.07. The Morgan fingerprint density at radius 2 is 2.25 bits per heavy atom. The van der Waals surface area contributed by atoms with Crippen LogP contribution in [-0.4, -0.2) is 11.5 Å². The van der Waals surface area contributed by atoms with Gasteiger partial charge in [0.2, 0.25) is 0 Å². The maximum atomic E-state index is 11.4. The van der Waals surface area contributed by atoms with Crippen LogP contribution in [0.4, 0.5) is 0 Å². The molecule has 2 rings (SSSR count). The number of hydrogen-bond acceptors (Lipinski definition) is 2. The third kappa shape index (κ3) is 1.43. The maximum Gasteiger partial charge on any atom is 0.164 e. The van der Waals surface area contributed by atoms with E-state index in [1.54, 1.807) is 11.8 Å². The number of halogens is 1. The highest BCUT2D eigenvalue weighted by Gasteiger charge is 2.16. The van der Waals surface area contributed by atoms with Gasteiger partial charge in [-0.2, -0.15) is 0 Å². The largest absolute Gasteiger partial charge is 0.294 e. The highest BCUT2D eigenvalue weighted by molar-refractivity contribution is 9.10. The van der Waals surface area contributed by atoms with Gasteiger partial charge < -0.3 is 0 Å². The maximum absolute atomic E-state index is 11.4. The van der Waals surface area contributed by atoms with E-state index >= 15 is 0 Å². The molecule has 62 valence electrons. The monoisotopic (exact) mass is 242 g/mol. The molecule has 0 bridgehead atoms. The van der Waals surface area contributed by atoms with E-state index in [1.165, 1.54) is 0 Å². The minimum atomic E-state index is 0.274. The van der Waals surface area contributed by atoms with Gasteiger partial charge in [0.05, 0.1) is 0 Å². The summed E-state index contributed by atoms with van der Waals surface area (Å²) in [5, 5.41) is 0. The first-order valence-corrected chi connectivity index (χ1v) is 5.51. The van der Waals surface area contributed by atoms with Gasteiger partial charge in [-0.05, 0) is 18.2 Å². The number of carbonyl (C=O) groups is 1. The molecule has 1 aliphatic heterocycles.